The van der Waals surface area contributed by atoms with Crippen LogP contribution in [0.5, 0.6) is 0 Å². The Hall–Kier alpha value is -2.13. The highest BCUT2D eigenvalue weighted by atomic mass is 35.5. The zero-order valence-electron chi connectivity index (χ0n) is 10.6. The van der Waals surface area contributed by atoms with E-state index in [1.165, 1.54) is 6.07 Å². The molecular weight excluding hydrogens is 275 g/mol. The van der Waals surface area contributed by atoms with Crippen LogP contribution >= 0.6 is 11.6 Å². The molecular formula is C16H12ClFN2. The van der Waals surface area contributed by atoms with Gasteiger partial charge in [-0.15, -0.1) is 0 Å². The van der Waals surface area contributed by atoms with Crippen molar-refractivity contribution in [1.82, 2.24) is 4.98 Å². The van der Waals surface area contributed by atoms with Gasteiger partial charge in [-0.25, -0.2) is 4.39 Å². The predicted octanol–water partition coefficient (Wildman–Crippen LogP) is 4.64. The number of nitrogens with one attached hydrogen (secondary N) is 1. The molecule has 20 heavy (non-hydrogen) atoms. The van der Waals surface area contributed by atoms with Gasteiger partial charge < -0.3 is 5.32 Å². The van der Waals surface area contributed by atoms with Gasteiger partial charge in [0.05, 0.1) is 5.02 Å². The summed E-state index contributed by atoms with van der Waals surface area (Å²) in [5, 5.41) is 5.54. The Bertz CT molecular complexity index is 753. The lowest BCUT2D eigenvalue weighted by Crippen LogP contribution is -2.01. The first-order chi connectivity index (χ1) is 9.74. The Balaban J connectivity index is 1.85. The largest absolute Gasteiger partial charge is 0.381 e. The molecule has 0 radical (unpaired) electrons. The normalized spacial score (nSPS) is 10.7. The Morgan fingerprint density at radius 1 is 1.10 bits per heavy atom. The van der Waals surface area contributed by atoms with Crippen LogP contribution in [0.3, 0.4) is 0 Å². The fourth-order valence-electron chi connectivity index (χ4n) is 2.12. The predicted molar refractivity (Wildman–Crippen MR) is 80.5 cm³/mol. The highest BCUT2D eigenvalue weighted by Crippen LogP contribution is 2.21. The van der Waals surface area contributed by atoms with Crippen molar-refractivity contribution in [3.05, 3.63) is 71.3 Å². The summed E-state index contributed by atoms with van der Waals surface area (Å²) in [7, 11) is 0. The molecule has 0 atom stereocenters. The zero-order chi connectivity index (χ0) is 13.9. The topological polar surface area (TPSA) is 24.9 Å². The van der Waals surface area contributed by atoms with Gasteiger partial charge >= 0.3 is 0 Å². The smallest absolute Gasteiger partial charge is 0.143 e. The van der Waals surface area contributed by atoms with Crippen LogP contribution in [0.15, 0.2) is 54.9 Å². The molecule has 1 heterocycles. The molecule has 0 amide bonds. The molecule has 0 aliphatic rings. The Labute approximate surface area is 121 Å². The summed E-state index contributed by atoms with van der Waals surface area (Å²) in [5.74, 6) is -0.423. The van der Waals surface area contributed by atoms with Gasteiger partial charge in [-0.1, -0.05) is 35.9 Å². The minimum absolute atomic E-state index is 0.127. The van der Waals surface area contributed by atoms with Crippen molar-refractivity contribution in [2.24, 2.45) is 0 Å². The number of halogens is 2. The molecule has 3 rings (SSSR count). The van der Waals surface area contributed by atoms with Gasteiger partial charge in [-0.3, -0.25) is 4.98 Å². The summed E-state index contributed by atoms with van der Waals surface area (Å²) >= 11 is 5.66. The first-order valence-corrected chi connectivity index (χ1v) is 6.62. The van der Waals surface area contributed by atoms with E-state index >= 15 is 0 Å². The fourth-order valence-corrected chi connectivity index (χ4v) is 2.24. The van der Waals surface area contributed by atoms with Gasteiger partial charge in [0.1, 0.15) is 5.82 Å². The number of rotatable bonds is 3. The van der Waals surface area contributed by atoms with Crippen LogP contribution in [0, 0.1) is 5.82 Å². The van der Waals surface area contributed by atoms with Gasteiger partial charge in [-0.05, 0) is 29.1 Å². The van der Waals surface area contributed by atoms with Gasteiger partial charge in [-0.2, -0.15) is 0 Å². The average molecular weight is 287 g/mol. The molecule has 1 N–H and O–H groups in total. The Kier molecular flexibility index (Phi) is 3.52. The summed E-state index contributed by atoms with van der Waals surface area (Å²) in [4.78, 5) is 4.22. The first kappa shape index (κ1) is 12.9. The standard InChI is InChI=1S/C16H12ClFN2/c17-15-6-5-13(7-16(15)18)20-10-12-9-19-8-11-3-1-2-4-14(11)12/h1-9,20H,10H2. The number of aromatic nitrogens is 1. The molecule has 3 aromatic rings. The minimum atomic E-state index is -0.423. The number of hydrogen-bond donors (Lipinski definition) is 1. The van der Waals surface area contributed by atoms with Gasteiger partial charge in [0.15, 0.2) is 0 Å². The first-order valence-electron chi connectivity index (χ1n) is 6.24. The van der Waals surface area contributed by atoms with Crippen molar-refractivity contribution in [2.45, 2.75) is 6.54 Å². The molecule has 1 aromatic heterocycles. The Morgan fingerprint density at radius 3 is 2.80 bits per heavy atom. The van der Waals surface area contributed by atoms with E-state index < -0.39 is 5.82 Å². The SMILES string of the molecule is Fc1cc(NCc2cncc3ccccc23)ccc1Cl. The molecule has 2 nitrogen and oxygen atoms in total. The van der Waals surface area contributed by atoms with Crippen molar-refractivity contribution in [3.8, 4) is 0 Å². The molecule has 100 valence electrons. The number of anilines is 1. The highest BCUT2D eigenvalue weighted by molar-refractivity contribution is 6.30. The third-order valence-electron chi connectivity index (χ3n) is 3.15. The van der Waals surface area contributed by atoms with E-state index in [4.69, 9.17) is 11.6 Å². The van der Waals surface area contributed by atoms with Gasteiger partial charge in [0.25, 0.3) is 0 Å². The lowest BCUT2D eigenvalue weighted by Gasteiger charge is -2.09. The van der Waals surface area contributed by atoms with E-state index in [9.17, 15) is 4.39 Å². The van der Waals surface area contributed by atoms with E-state index in [1.54, 1.807) is 12.1 Å². The maximum absolute atomic E-state index is 13.4. The summed E-state index contributed by atoms with van der Waals surface area (Å²) in [5.41, 5.74) is 1.76. The quantitative estimate of drug-likeness (QED) is 0.759. The van der Waals surface area contributed by atoms with E-state index in [0.29, 0.717) is 12.2 Å². The summed E-state index contributed by atoms with van der Waals surface area (Å²) in [6.45, 7) is 0.579. The molecule has 2 aromatic carbocycles. The van der Waals surface area contributed by atoms with Crippen LogP contribution in [0.1, 0.15) is 5.56 Å². The second-order valence-corrected chi connectivity index (χ2v) is 4.91. The number of nitrogens with zero attached hydrogens (tertiary/aromatic N) is 1. The highest BCUT2D eigenvalue weighted by Gasteiger charge is 2.03. The number of fused-ring (bicyclic) bond motifs is 1. The van der Waals surface area contributed by atoms with Crippen molar-refractivity contribution in [3.63, 3.8) is 0 Å². The second-order valence-electron chi connectivity index (χ2n) is 4.50. The van der Waals surface area contributed by atoms with Crippen molar-refractivity contribution < 1.29 is 4.39 Å². The summed E-state index contributed by atoms with van der Waals surface area (Å²) < 4.78 is 13.4. The molecule has 0 saturated carbocycles. The lowest BCUT2D eigenvalue weighted by atomic mass is 10.1. The van der Waals surface area contributed by atoms with Crippen LogP contribution in [0.2, 0.25) is 5.02 Å². The van der Waals surface area contributed by atoms with E-state index in [2.05, 4.69) is 16.4 Å². The molecule has 0 aliphatic carbocycles. The van der Waals surface area contributed by atoms with Crippen molar-refractivity contribution in [2.75, 3.05) is 5.32 Å². The van der Waals surface area contributed by atoms with E-state index in [1.807, 2.05) is 30.6 Å². The van der Waals surface area contributed by atoms with Crippen LogP contribution in [0.4, 0.5) is 10.1 Å². The Morgan fingerprint density at radius 2 is 1.95 bits per heavy atom. The van der Waals surface area contributed by atoms with Crippen molar-refractivity contribution in [1.29, 1.82) is 0 Å². The molecule has 0 fully saturated rings. The minimum Gasteiger partial charge on any atom is -0.381 e. The molecule has 0 unspecified atom stereocenters. The van der Waals surface area contributed by atoms with Crippen molar-refractivity contribution >= 4 is 28.1 Å². The number of benzene rings is 2. The fraction of sp³-hybridized carbons (Fsp3) is 0.0625. The maximum Gasteiger partial charge on any atom is 0.143 e. The molecule has 0 aliphatic heterocycles. The zero-order valence-corrected chi connectivity index (χ0v) is 11.4. The van der Waals surface area contributed by atoms with Crippen LogP contribution < -0.4 is 5.32 Å². The monoisotopic (exact) mass is 286 g/mol. The molecule has 4 heteroatoms. The van der Waals surface area contributed by atoms with E-state index in [0.717, 1.165) is 16.3 Å². The third-order valence-corrected chi connectivity index (χ3v) is 3.46. The summed E-state index contributed by atoms with van der Waals surface area (Å²) in [6.07, 6.45) is 3.66. The number of pyridine rings is 1. The summed E-state index contributed by atoms with van der Waals surface area (Å²) in [6, 6.07) is 12.7. The molecule has 0 saturated heterocycles. The lowest BCUT2D eigenvalue weighted by molar-refractivity contribution is 0.628. The van der Waals surface area contributed by atoms with Gasteiger partial charge in [0, 0.05) is 30.0 Å². The maximum atomic E-state index is 13.4. The second kappa shape index (κ2) is 5.47. The molecule has 0 bridgehead atoms. The van der Waals surface area contributed by atoms with Crippen LogP contribution in [-0.2, 0) is 6.54 Å². The van der Waals surface area contributed by atoms with Gasteiger partial charge in [0.2, 0.25) is 0 Å². The van der Waals surface area contributed by atoms with Crippen LogP contribution in [0.25, 0.3) is 10.8 Å². The van der Waals surface area contributed by atoms with E-state index in [-0.39, 0.29) is 5.02 Å². The van der Waals surface area contributed by atoms with Crippen LogP contribution in [-0.4, -0.2) is 4.98 Å². The third kappa shape index (κ3) is 2.58. The average Bonchev–Trinajstić information content (AvgIpc) is 2.48. The number of hydrogen-bond acceptors (Lipinski definition) is 2. The molecule has 0 spiro atoms.